The lowest BCUT2D eigenvalue weighted by Crippen LogP contribution is -2.25. The minimum Gasteiger partial charge on any atom is -0.357 e. The van der Waals surface area contributed by atoms with Crippen LogP contribution in [0.3, 0.4) is 0 Å². The number of aromatic nitrogens is 1. The highest BCUT2D eigenvalue weighted by molar-refractivity contribution is 5.50. The van der Waals surface area contributed by atoms with Gasteiger partial charge in [-0.05, 0) is 32.4 Å². The van der Waals surface area contributed by atoms with Gasteiger partial charge in [0.15, 0.2) is 0 Å². The van der Waals surface area contributed by atoms with Gasteiger partial charge in [0.05, 0.1) is 0 Å². The maximum absolute atomic E-state index is 5.73. The van der Waals surface area contributed by atoms with Crippen molar-refractivity contribution in [3.8, 4) is 0 Å². The molecule has 0 unspecified atom stereocenters. The van der Waals surface area contributed by atoms with Gasteiger partial charge in [0.1, 0.15) is 5.82 Å². The molecule has 2 N–H and O–H groups in total. The Kier molecular flexibility index (Phi) is 3.89. The van der Waals surface area contributed by atoms with Crippen molar-refractivity contribution in [3.63, 3.8) is 0 Å². The summed E-state index contributed by atoms with van der Waals surface area (Å²) in [6.07, 6.45) is 1.85. The molecule has 1 aromatic heterocycles. The first-order chi connectivity index (χ1) is 6.74. The van der Waals surface area contributed by atoms with E-state index in [0.717, 1.165) is 24.5 Å². The minimum absolute atomic E-state index is 0.561. The smallest absolute Gasteiger partial charge is 0.133 e. The molecular weight excluding hydrogens is 174 g/mol. The fourth-order valence-electron chi connectivity index (χ4n) is 1.62. The van der Waals surface area contributed by atoms with Crippen LogP contribution in [0.4, 0.5) is 5.82 Å². The molecular formula is C11H19N3. The van der Waals surface area contributed by atoms with Crippen molar-refractivity contribution in [1.82, 2.24) is 4.98 Å². The fourth-order valence-corrected chi connectivity index (χ4v) is 1.62. The Labute approximate surface area is 85.9 Å². The van der Waals surface area contributed by atoms with E-state index in [0.29, 0.717) is 6.54 Å². The molecule has 3 nitrogen and oxygen atoms in total. The van der Waals surface area contributed by atoms with Crippen LogP contribution in [0.2, 0.25) is 0 Å². The number of hydrogen-bond acceptors (Lipinski definition) is 3. The molecule has 0 aliphatic heterocycles. The van der Waals surface area contributed by atoms with E-state index in [1.54, 1.807) is 0 Å². The molecule has 1 aromatic rings. The SMILES string of the molecule is CCN(CC)c1nccc(C)c1CN. The summed E-state index contributed by atoms with van der Waals surface area (Å²) in [5.41, 5.74) is 8.12. The van der Waals surface area contributed by atoms with E-state index >= 15 is 0 Å². The third-order valence-electron chi connectivity index (χ3n) is 2.53. The Morgan fingerprint density at radius 1 is 1.36 bits per heavy atom. The van der Waals surface area contributed by atoms with Gasteiger partial charge in [-0.25, -0.2) is 4.98 Å². The van der Waals surface area contributed by atoms with Crippen LogP contribution in [-0.4, -0.2) is 18.1 Å². The van der Waals surface area contributed by atoms with Crippen LogP contribution in [0.15, 0.2) is 12.3 Å². The summed E-state index contributed by atoms with van der Waals surface area (Å²) in [5.74, 6) is 1.04. The first-order valence-electron chi connectivity index (χ1n) is 5.14. The first-order valence-corrected chi connectivity index (χ1v) is 5.14. The number of nitrogens with two attached hydrogens (primary N) is 1. The van der Waals surface area contributed by atoms with E-state index in [-0.39, 0.29) is 0 Å². The highest BCUT2D eigenvalue weighted by atomic mass is 15.2. The van der Waals surface area contributed by atoms with Crippen molar-refractivity contribution in [3.05, 3.63) is 23.4 Å². The van der Waals surface area contributed by atoms with Crippen LogP contribution < -0.4 is 10.6 Å². The van der Waals surface area contributed by atoms with E-state index in [1.807, 2.05) is 12.3 Å². The second-order valence-electron chi connectivity index (χ2n) is 3.31. The van der Waals surface area contributed by atoms with Gasteiger partial charge in [-0.1, -0.05) is 0 Å². The Morgan fingerprint density at radius 2 is 2.00 bits per heavy atom. The summed E-state index contributed by atoms with van der Waals surface area (Å²) < 4.78 is 0. The predicted octanol–water partition coefficient (Wildman–Crippen LogP) is 1.69. The Bertz CT molecular complexity index is 293. The number of rotatable bonds is 4. The molecule has 0 bridgehead atoms. The molecule has 78 valence electrons. The summed E-state index contributed by atoms with van der Waals surface area (Å²) in [4.78, 5) is 6.63. The number of anilines is 1. The lowest BCUT2D eigenvalue weighted by Gasteiger charge is -2.23. The Balaban J connectivity index is 3.11. The summed E-state index contributed by atoms with van der Waals surface area (Å²) >= 11 is 0. The van der Waals surface area contributed by atoms with Gasteiger partial charge in [0.2, 0.25) is 0 Å². The van der Waals surface area contributed by atoms with Gasteiger partial charge in [-0.15, -0.1) is 0 Å². The molecule has 3 heteroatoms. The molecule has 0 saturated carbocycles. The number of aryl methyl sites for hydroxylation is 1. The summed E-state index contributed by atoms with van der Waals surface area (Å²) in [6, 6.07) is 2.01. The van der Waals surface area contributed by atoms with Gasteiger partial charge < -0.3 is 10.6 Å². The zero-order valence-corrected chi connectivity index (χ0v) is 9.25. The molecule has 1 heterocycles. The molecule has 0 radical (unpaired) electrons. The summed E-state index contributed by atoms with van der Waals surface area (Å²) in [6.45, 7) is 8.85. The Hall–Kier alpha value is -1.09. The highest BCUT2D eigenvalue weighted by Gasteiger charge is 2.10. The van der Waals surface area contributed by atoms with Gasteiger partial charge in [-0.3, -0.25) is 0 Å². The molecule has 0 spiro atoms. The lowest BCUT2D eigenvalue weighted by molar-refractivity contribution is 0.828. The molecule has 0 aromatic carbocycles. The molecule has 0 amide bonds. The van der Waals surface area contributed by atoms with Gasteiger partial charge in [0.25, 0.3) is 0 Å². The van der Waals surface area contributed by atoms with Crippen LogP contribution in [0.25, 0.3) is 0 Å². The standard InChI is InChI=1S/C11H19N3/c1-4-14(5-2)11-10(8-12)9(3)6-7-13-11/h6-7H,4-5,8,12H2,1-3H3. The molecule has 1 rings (SSSR count). The third kappa shape index (κ3) is 2.04. The van der Waals surface area contributed by atoms with Crippen LogP contribution in [0.1, 0.15) is 25.0 Å². The van der Waals surface area contributed by atoms with E-state index in [1.165, 1.54) is 5.56 Å². The van der Waals surface area contributed by atoms with E-state index in [9.17, 15) is 0 Å². The second-order valence-corrected chi connectivity index (χ2v) is 3.31. The normalized spacial score (nSPS) is 10.3. The van der Waals surface area contributed by atoms with Crippen molar-refractivity contribution in [2.45, 2.75) is 27.3 Å². The van der Waals surface area contributed by atoms with Crippen LogP contribution in [0.5, 0.6) is 0 Å². The maximum Gasteiger partial charge on any atom is 0.133 e. The third-order valence-corrected chi connectivity index (χ3v) is 2.53. The van der Waals surface area contributed by atoms with E-state index in [2.05, 4.69) is 30.7 Å². The predicted molar refractivity (Wildman–Crippen MR) is 60.4 cm³/mol. The van der Waals surface area contributed by atoms with Crippen molar-refractivity contribution < 1.29 is 0 Å². The van der Waals surface area contributed by atoms with Crippen molar-refractivity contribution in [2.24, 2.45) is 5.73 Å². The van der Waals surface area contributed by atoms with Crippen LogP contribution in [0, 0.1) is 6.92 Å². The largest absolute Gasteiger partial charge is 0.357 e. The van der Waals surface area contributed by atoms with Crippen LogP contribution >= 0.6 is 0 Å². The van der Waals surface area contributed by atoms with E-state index < -0.39 is 0 Å². The average Bonchev–Trinajstić information content (AvgIpc) is 2.20. The monoisotopic (exact) mass is 193 g/mol. The van der Waals surface area contributed by atoms with E-state index in [4.69, 9.17) is 5.73 Å². The molecule has 0 fully saturated rings. The first kappa shape index (κ1) is 11.0. The number of hydrogen-bond donors (Lipinski definition) is 1. The van der Waals surface area contributed by atoms with Crippen LogP contribution in [-0.2, 0) is 6.54 Å². The second kappa shape index (κ2) is 4.96. The zero-order chi connectivity index (χ0) is 10.6. The quantitative estimate of drug-likeness (QED) is 0.791. The van der Waals surface area contributed by atoms with Gasteiger partial charge in [-0.2, -0.15) is 0 Å². The maximum atomic E-state index is 5.73. The molecule has 0 atom stereocenters. The number of nitrogens with zero attached hydrogens (tertiary/aromatic N) is 2. The molecule has 0 aliphatic carbocycles. The summed E-state index contributed by atoms with van der Waals surface area (Å²) in [5, 5.41) is 0. The van der Waals surface area contributed by atoms with Gasteiger partial charge >= 0.3 is 0 Å². The lowest BCUT2D eigenvalue weighted by atomic mass is 10.1. The minimum atomic E-state index is 0.561. The van der Waals surface area contributed by atoms with Gasteiger partial charge in [0, 0.05) is 31.4 Å². The summed E-state index contributed by atoms with van der Waals surface area (Å²) in [7, 11) is 0. The van der Waals surface area contributed by atoms with Crippen molar-refractivity contribution >= 4 is 5.82 Å². The topological polar surface area (TPSA) is 42.2 Å². The van der Waals surface area contributed by atoms with Crippen molar-refractivity contribution in [2.75, 3.05) is 18.0 Å². The molecule has 0 aliphatic rings. The zero-order valence-electron chi connectivity index (χ0n) is 9.25. The number of pyridine rings is 1. The fraction of sp³-hybridized carbons (Fsp3) is 0.545. The average molecular weight is 193 g/mol. The Morgan fingerprint density at radius 3 is 2.50 bits per heavy atom. The molecule has 0 saturated heterocycles. The molecule has 14 heavy (non-hydrogen) atoms. The van der Waals surface area contributed by atoms with Crippen molar-refractivity contribution in [1.29, 1.82) is 0 Å². The highest BCUT2D eigenvalue weighted by Crippen LogP contribution is 2.19.